The molecule has 1 aliphatic rings. The van der Waals surface area contributed by atoms with Crippen molar-refractivity contribution in [3.8, 4) is 0 Å². The number of hydrogen-bond donors (Lipinski definition) is 1. The van der Waals surface area contributed by atoms with Crippen LogP contribution in [0.4, 0.5) is 0 Å². The normalized spacial score (nSPS) is 18.8. The molecular weight excluding hydrogens is 240 g/mol. The molecule has 94 valence electrons. The van der Waals surface area contributed by atoms with Gasteiger partial charge in [-0.3, -0.25) is 4.90 Å². The summed E-state index contributed by atoms with van der Waals surface area (Å²) in [5, 5.41) is 11.8. The minimum Gasteiger partial charge on any atom is -0.461 e. The molecule has 1 aromatic rings. The number of carbonyl (C=O) groups excluding carboxylic acids is 1. The van der Waals surface area contributed by atoms with Gasteiger partial charge in [0.15, 0.2) is 0 Å². The SMILES string of the molecule is CCOC(=O)c1nc(CN2CC(C)(O)C2)cs1. The molecule has 0 atom stereocenters. The molecule has 1 N–H and O–H groups in total. The topological polar surface area (TPSA) is 62.7 Å². The fourth-order valence-electron chi connectivity index (χ4n) is 1.92. The zero-order valence-electron chi connectivity index (χ0n) is 9.97. The summed E-state index contributed by atoms with van der Waals surface area (Å²) in [6, 6.07) is 0. The summed E-state index contributed by atoms with van der Waals surface area (Å²) in [6.07, 6.45) is 0. The van der Waals surface area contributed by atoms with E-state index in [2.05, 4.69) is 9.88 Å². The lowest BCUT2D eigenvalue weighted by Crippen LogP contribution is -2.59. The van der Waals surface area contributed by atoms with Crippen molar-refractivity contribution in [2.75, 3.05) is 19.7 Å². The molecule has 1 fully saturated rings. The van der Waals surface area contributed by atoms with Crippen LogP contribution in [0.15, 0.2) is 5.38 Å². The maximum atomic E-state index is 11.4. The molecule has 1 aromatic heterocycles. The van der Waals surface area contributed by atoms with Crippen molar-refractivity contribution in [3.05, 3.63) is 16.1 Å². The molecule has 0 bridgehead atoms. The van der Waals surface area contributed by atoms with E-state index in [1.54, 1.807) is 6.92 Å². The molecular formula is C11H16N2O3S. The van der Waals surface area contributed by atoms with E-state index >= 15 is 0 Å². The Labute approximate surface area is 104 Å². The van der Waals surface area contributed by atoms with E-state index in [-0.39, 0.29) is 5.97 Å². The highest BCUT2D eigenvalue weighted by molar-refractivity contribution is 7.11. The summed E-state index contributed by atoms with van der Waals surface area (Å²) >= 11 is 1.30. The minimum absolute atomic E-state index is 0.362. The van der Waals surface area contributed by atoms with Crippen molar-refractivity contribution in [2.45, 2.75) is 26.0 Å². The van der Waals surface area contributed by atoms with Gasteiger partial charge in [0.2, 0.25) is 5.01 Å². The van der Waals surface area contributed by atoms with Gasteiger partial charge in [0.25, 0.3) is 0 Å². The first-order valence-electron chi connectivity index (χ1n) is 5.56. The molecule has 0 aromatic carbocycles. The van der Waals surface area contributed by atoms with E-state index in [1.165, 1.54) is 11.3 Å². The lowest BCUT2D eigenvalue weighted by Gasteiger charge is -2.43. The molecule has 1 aliphatic heterocycles. The maximum absolute atomic E-state index is 11.4. The number of β-amino-alcohol motifs (C(OH)–C–C–N with tert-alkyl or cyclic N) is 1. The highest BCUT2D eigenvalue weighted by atomic mass is 32.1. The molecule has 2 heterocycles. The van der Waals surface area contributed by atoms with Crippen LogP contribution < -0.4 is 0 Å². The second-order valence-electron chi connectivity index (χ2n) is 4.51. The first-order valence-corrected chi connectivity index (χ1v) is 6.44. The van der Waals surface area contributed by atoms with E-state index in [1.807, 2.05) is 12.3 Å². The second-order valence-corrected chi connectivity index (χ2v) is 5.36. The van der Waals surface area contributed by atoms with Gasteiger partial charge in [0, 0.05) is 25.0 Å². The Kier molecular flexibility index (Phi) is 3.46. The Balaban J connectivity index is 1.89. The van der Waals surface area contributed by atoms with Gasteiger partial charge in [0.1, 0.15) is 0 Å². The van der Waals surface area contributed by atoms with Crippen molar-refractivity contribution in [3.63, 3.8) is 0 Å². The van der Waals surface area contributed by atoms with Crippen LogP contribution >= 0.6 is 11.3 Å². The smallest absolute Gasteiger partial charge is 0.367 e. The summed E-state index contributed by atoms with van der Waals surface area (Å²) in [4.78, 5) is 17.7. The fourth-order valence-corrected chi connectivity index (χ4v) is 2.62. The summed E-state index contributed by atoms with van der Waals surface area (Å²) in [5.41, 5.74) is 0.286. The van der Waals surface area contributed by atoms with Crippen LogP contribution in [-0.4, -0.2) is 46.3 Å². The quantitative estimate of drug-likeness (QED) is 0.810. The largest absolute Gasteiger partial charge is 0.461 e. The predicted molar refractivity (Wildman–Crippen MR) is 64.0 cm³/mol. The summed E-state index contributed by atoms with van der Waals surface area (Å²) in [5.74, 6) is -0.362. The molecule has 0 unspecified atom stereocenters. The molecule has 5 nitrogen and oxygen atoms in total. The van der Waals surface area contributed by atoms with Gasteiger partial charge in [-0.25, -0.2) is 9.78 Å². The van der Waals surface area contributed by atoms with Gasteiger partial charge >= 0.3 is 5.97 Å². The average Bonchev–Trinajstić information content (AvgIpc) is 2.64. The lowest BCUT2D eigenvalue weighted by atomic mass is 9.97. The van der Waals surface area contributed by atoms with Crippen molar-refractivity contribution in [2.24, 2.45) is 0 Å². The number of nitrogens with zero attached hydrogens (tertiary/aromatic N) is 2. The molecule has 0 amide bonds. The van der Waals surface area contributed by atoms with Gasteiger partial charge in [-0.15, -0.1) is 11.3 Å². The van der Waals surface area contributed by atoms with Crippen LogP contribution in [0, 0.1) is 0 Å². The van der Waals surface area contributed by atoms with E-state index in [9.17, 15) is 9.90 Å². The summed E-state index contributed by atoms with van der Waals surface area (Å²) < 4.78 is 4.88. The zero-order valence-corrected chi connectivity index (χ0v) is 10.8. The van der Waals surface area contributed by atoms with Crippen molar-refractivity contribution >= 4 is 17.3 Å². The number of aliphatic hydroxyl groups is 1. The number of esters is 1. The van der Waals surface area contributed by atoms with E-state index < -0.39 is 5.60 Å². The van der Waals surface area contributed by atoms with Gasteiger partial charge in [-0.05, 0) is 13.8 Å². The Hall–Kier alpha value is -0.980. The van der Waals surface area contributed by atoms with Gasteiger partial charge in [-0.1, -0.05) is 0 Å². The third-order valence-electron chi connectivity index (χ3n) is 2.52. The number of carbonyl (C=O) groups is 1. The highest BCUT2D eigenvalue weighted by Gasteiger charge is 2.36. The fraction of sp³-hybridized carbons (Fsp3) is 0.636. The molecule has 6 heteroatoms. The lowest BCUT2D eigenvalue weighted by molar-refractivity contribution is -0.0875. The third kappa shape index (κ3) is 3.02. The molecule has 1 saturated heterocycles. The first-order chi connectivity index (χ1) is 8.00. The monoisotopic (exact) mass is 256 g/mol. The number of hydrogen-bond acceptors (Lipinski definition) is 6. The van der Waals surface area contributed by atoms with Crippen LogP contribution in [0.2, 0.25) is 0 Å². The van der Waals surface area contributed by atoms with Gasteiger partial charge in [-0.2, -0.15) is 0 Å². The van der Waals surface area contributed by atoms with E-state index in [4.69, 9.17) is 4.74 Å². The molecule has 0 radical (unpaired) electrons. The number of rotatable bonds is 4. The summed E-state index contributed by atoms with van der Waals surface area (Å²) in [7, 11) is 0. The highest BCUT2D eigenvalue weighted by Crippen LogP contribution is 2.22. The van der Waals surface area contributed by atoms with Crippen molar-refractivity contribution in [1.82, 2.24) is 9.88 Å². The average molecular weight is 256 g/mol. The minimum atomic E-state index is -0.569. The number of ether oxygens (including phenoxy) is 1. The van der Waals surface area contributed by atoms with Crippen LogP contribution in [0.25, 0.3) is 0 Å². The summed E-state index contributed by atoms with van der Waals surface area (Å²) in [6.45, 7) is 5.93. The third-order valence-corrected chi connectivity index (χ3v) is 3.39. The Morgan fingerprint density at radius 2 is 2.41 bits per heavy atom. The first kappa shape index (κ1) is 12.5. The van der Waals surface area contributed by atoms with Gasteiger partial charge < -0.3 is 9.84 Å². The number of thiazole rings is 1. The molecule has 0 saturated carbocycles. The number of likely N-dealkylation sites (tertiary alicyclic amines) is 1. The second kappa shape index (κ2) is 4.72. The molecule has 2 rings (SSSR count). The molecule has 0 aliphatic carbocycles. The van der Waals surface area contributed by atoms with Crippen molar-refractivity contribution in [1.29, 1.82) is 0 Å². The predicted octanol–water partition coefficient (Wildman–Crippen LogP) is 0.886. The van der Waals surface area contributed by atoms with Crippen LogP contribution in [0.3, 0.4) is 0 Å². The Morgan fingerprint density at radius 3 is 3.00 bits per heavy atom. The molecule has 0 spiro atoms. The van der Waals surface area contributed by atoms with Gasteiger partial charge in [0.05, 0.1) is 17.9 Å². The zero-order chi connectivity index (χ0) is 12.5. The molecule has 17 heavy (non-hydrogen) atoms. The Bertz CT molecular complexity index is 409. The number of aromatic nitrogens is 1. The Morgan fingerprint density at radius 1 is 1.71 bits per heavy atom. The van der Waals surface area contributed by atoms with Crippen LogP contribution in [0.5, 0.6) is 0 Å². The van der Waals surface area contributed by atoms with E-state index in [0.29, 0.717) is 31.2 Å². The van der Waals surface area contributed by atoms with Crippen LogP contribution in [0.1, 0.15) is 29.3 Å². The maximum Gasteiger partial charge on any atom is 0.367 e. The van der Waals surface area contributed by atoms with Crippen LogP contribution in [-0.2, 0) is 11.3 Å². The standard InChI is InChI=1S/C11H16N2O3S/c1-3-16-10(14)9-12-8(5-17-9)4-13-6-11(2,15)7-13/h5,15H,3-4,6-7H2,1-2H3. The van der Waals surface area contributed by atoms with E-state index in [0.717, 1.165) is 5.69 Å². The van der Waals surface area contributed by atoms with Crippen molar-refractivity contribution < 1.29 is 14.6 Å².